The molecule has 0 aliphatic carbocycles. The fourth-order valence-electron chi connectivity index (χ4n) is 3.97. The predicted octanol–water partition coefficient (Wildman–Crippen LogP) is 2.24. The summed E-state index contributed by atoms with van der Waals surface area (Å²) in [5.74, 6) is -0.143. The van der Waals surface area contributed by atoms with Crippen LogP contribution in [0.15, 0.2) is 23.0 Å². The van der Waals surface area contributed by atoms with Crippen molar-refractivity contribution in [3.63, 3.8) is 0 Å². The minimum absolute atomic E-state index is 0.0118. The largest absolute Gasteiger partial charge is 0.493 e. The number of hydrogen-bond donors (Lipinski definition) is 2. The molecule has 0 spiro atoms. The van der Waals surface area contributed by atoms with Gasteiger partial charge in [-0.3, -0.25) is 4.57 Å². The highest BCUT2D eigenvalue weighted by Gasteiger charge is 2.49. The van der Waals surface area contributed by atoms with Crippen LogP contribution >= 0.6 is 22.6 Å². The van der Waals surface area contributed by atoms with Crippen molar-refractivity contribution in [3.8, 4) is 17.6 Å². The van der Waals surface area contributed by atoms with E-state index in [1.165, 1.54) is 4.57 Å². The Bertz CT molecular complexity index is 1050. The summed E-state index contributed by atoms with van der Waals surface area (Å²) in [7, 11) is 0. The van der Waals surface area contributed by atoms with Gasteiger partial charge in [-0.25, -0.2) is 14.2 Å². The van der Waals surface area contributed by atoms with E-state index in [0.29, 0.717) is 33.5 Å². The van der Waals surface area contributed by atoms with E-state index in [9.17, 15) is 14.7 Å². The highest BCUT2D eigenvalue weighted by molar-refractivity contribution is 14.1. The number of nitrogens with one attached hydrogen (secondary N) is 1. The Morgan fingerprint density at radius 2 is 2.19 bits per heavy atom. The van der Waals surface area contributed by atoms with E-state index in [0.717, 1.165) is 0 Å². The Kier molecular flexibility index (Phi) is 4.18. The number of nitriles is 1. The zero-order valence-corrected chi connectivity index (χ0v) is 17.0. The molecule has 2 N–H and O–H groups in total. The van der Waals surface area contributed by atoms with E-state index in [2.05, 4.69) is 11.4 Å². The molecule has 27 heavy (non-hydrogen) atoms. The summed E-state index contributed by atoms with van der Waals surface area (Å²) in [6.45, 7) is 4.23. The molecule has 2 aliphatic rings. The van der Waals surface area contributed by atoms with E-state index >= 15 is 0 Å². The molecule has 0 saturated carbocycles. The summed E-state index contributed by atoms with van der Waals surface area (Å²) in [6.07, 6.45) is 0.634. The zero-order valence-electron chi connectivity index (χ0n) is 14.8. The smallest absolute Gasteiger partial charge is 0.336 e. The Hall–Kier alpha value is -2.48. The molecule has 1 aromatic heterocycles. The van der Waals surface area contributed by atoms with Crippen molar-refractivity contribution >= 4 is 28.6 Å². The Morgan fingerprint density at radius 1 is 1.44 bits per heavy atom. The molecule has 140 valence electrons. The number of benzene rings is 1. The number of aromatic hydroxyl groups is 1. The highest BCUT2D eigenvalue weighted by Crippen LogP contribution is 2.48. The van der Waals surface area contributed by atoms with E-state index < -0.39 is 0 Å². The average Bonchev–Trinajstić information content (AvgIpc) is 3.26. The van der Waals surface area contributed by atoms with Gasteiger partial charge in [-0.1, -0.05) is 0 Å². The van der Waals surface area contributed by atoms with Crippen LogP contribution in [0.3, 0.4) is 0 Å². The van der Waals surface area contributed by atoms with Crippen LogP contribution in [-0.4, -0.2) is 37.8 Å². The molecule has 1 saturated heterocycles. The minimum atomic E-state index is -0.320. The maximum absolute atomic E-state index is 13.0. The number of likely N-dealkylation sites (tertiary alicyclic amines) is 1. The number of rotatable bonds is 2. The second-order valence-corrected chi connectivity index (χ2v) is 8.30. The number of carbonyl (C=O) groups is 1. The summed E-state index contributed by atoms with van der Waals surface area (Å²) in [6, 6.07) is 6.42. The molecule has 2 amide bonds. The van der Waals surface area contributed by atoms with Crippen molar-refractivity contribution in [2.45, 2.75) is 38.4 Å². The number of hydrogen-bond acceptors (Lipinski definition) is 4. The van der Waals surface area contributed by atoms with E-state index in [-0.39, 0.29) is 35.7 Å². The lowest BCUT2D eigenvalue weighted by molar-refractivity contribution is 0.182. The van der Waals surface area contributed by atoms with Crippen LogP contribution in [0.2, 0.25) is 0 Å². The normalized spacial score (nSPS) is 20.0. The molecule has 2 aromatic rings. The molecule has 1 fully saturated rings. The fraction of sp³-hybridized carbons (Fsp3) is 0.389. The van der Waals surface area contributed by atoms with E-state index in [1.54, 1.807) is 27.7 Å². The third kappa shape index (κ3) is 2.62. The van der Waals surface area contributed by atoms with Gasteiger partial charge in [0.15, 0.2) is 0 Å². The molecule has 4 rings (SSSR count). The molecule has 9 heteroatoms. The van der Waals surface area contributed by atoms with Crippen molar-refractivity contribution < 1.29 is 9.90 Å². The number of halogens is 1. The molecule has 0 radical (unpaired) electrons. The van der Waals surface area contributed by atoms with Gasteiger partial charge in [0.05, 0.1) is 23.3 Å². The predicted molar refractivity (Wildman–Crippen MR) is 106 cm³/mol. The summed E-state index contributed by atoms with van der Waals surface area (Å²) in [4.78, 5) is 27.1. The Labute approximate surface area is 169 Å². The lowest BCUT2D eigenvalue weighted by Crippen LogP contribution is -2.45. The number of aromatic nitrogens is 2. The number of fused-ring (bicyclic) bond motifs is 5. The number of amides is 2. The topological polar surface area (TPSA) is 103 Å². The molecule has 3 heterocycles. The maximum atomic E-state index is 13.0. The minimum Gasteiger partial charge on any atom is -0.493 e. The first-order valence-electron chi connectivity index (χ1n) is 8.66. The van der Waals surface area contributed by atoms with Gasteiger partial charge in [-0.2, -0.15) is 5.26 Å². The van der Waals surface area contributed by atoms with Gasteiger partial charge in [-0.05, 0) is 61.1 Å². The third-order valence-electron chi connectivity index (χ3n) is 5.06. The van der Waals surface area contributed by atoms with Crippen molar-refractivity contribution in [3.05, 3.63) is 43.5 Å². The van der Waals surface area contributed by atoms with Crippen molar-refractivity contribution in [1.82, 2.24) is 19.4 Å². The fourth-order valence-corrected chi connectivity index (χ4v) is 4.59. The van der Waals surface area contributed by atoms with Gasteiger partial charge >= 0.3 is 11.7 Å². The maximum Gasteiger partial charge on any atom is 0.336 e. The quantitative estimate of drug-likeness (QED) is 0.645. The van der Waals surface area contributed by atoms with Crippen LogP contribution in [0.4, 0.5) is 4.79 Å². The monoisotopic (exact) mass is 479 g/mol. The van der Waals surface area contributed by atoms with Crippen LogP contribution in [0.25, 0.3) is 5.69 Å². The SMILES string of the molecule is CC(C)NC(=O)N1C[C@@H]2C[C@H]1c1c(O)n(-c3ccc(C#N)c(I)c3)c(=O)n12. The number of imidazole rings is 1. The van der Waals surface area contributed by atoms with Gasteiger partial charge < -0.3 is 15.3 Å². The van der Waals surface area contributed by atoms with Crippen LogP contribution in [0.1, 0.15) is 43.6 Å². The van der Waals surface area contributed by atoms with Crippen molar-refractivity contribution in [2.24, 2.45) is 0 Å². The summed E-state index contributed by atoms with van der Waals surface area (Å²) in [5, 5.41) is 22.8. The van der Waals surface area contributed by atoms with Crippen LogP contribution in [-0.2, 0) is 0 Å². The molecule has 2 bridgehead atoms. The number of carbonyl (C=O) groups excluding carboxylic acids is 1. The standard InChI is InChI=1S/C18H18IN5O3/c1-9(2)21-17(26)22-8-12-6-14(22)15-16(25)24(18(27)23(12)15)11-4-3-10(7-20)13(19)5-11/h3-5,9,12,14,25H,6,8H2,1-2H3,(H,21,26)/t12-,14-/m0/s1. The van der Waals surface area contributed by atoms with Gasteiger partial charge in [0.25, 0.3) is 0 Å². The first-order valence-corrected chi connectivity index (χ1v) is 9.74. The van der Waals surface area contributed by atoms with E-state index in [4.69, 9.17) is 5.26 Å². The molecule has 1 aromatic carbocycles. The molecule has 2 aliphatic heterocycles. The second-order valence-electron chi connectivity index (χ2n) is 7.13. The number of nitrogens with zero attached hydrogens (tertiary/aromatic N) is 4. The molecular formula is C18H18IN5O3. The summed E-state index contributed by atoms with van der Waals surface area (Å²) < 4.78 is 3.55. The van der Waals surface area contributed by atoms with Crippen LogP contribution in [0.5, 0.6) is 5.88 Å². The molecule has 8 nitrogen and oxygen atoms in total. The van der Waals surface area contributed by atoms with Gasteiger partial charge in [0.1, 0.15) is 11.8 Å². The summed E-state index contributed by atoms with van der Waals surface area (Å²) >= 11 is 2.03. The van der Waals surface area contributed by atoms with Gasteiger partial charge in [0.2, 0.25) is 5.88 Å². The van der Waals surface area contributed by atoms with Crippen molar-refractivity contribution in [2.75, 3.05) is 6.54 Å². The van der Waals surface area contributed by atoms with Gasteiger partial charge in [-0.15, -0.1) is 0 Å². The van der Waals surface area contributed by atoms with Crippen LogP contribution < -0.4 is 11.0 Å². The zero-order chi connectivity index (χ0) is 19.5. The summed E-state index contributed by atoms with van der Waals surface area (Å²) in [5.41, 5.74) is 1.17. The Morgan fingerprint density at radius 3 is 2.81 bits per heavy atom. The second kappa shape index (κ2) is 6.30. The molecular weight excluding hydrogens is 461 g/mol. The van der Waals surface area contributed by atoms with E-state index in [1.807, 2.05) is 36.4 Å². The molecule has 0 unspecified atom stereocenters. The van der Waals surface area contributed by atoms with Crippen LogP contribution in [0, 0.1) is 14.9 Å². The third-order valence-corrected chi connectivity index (χ3v) is 5.95. The lowest BCUT2D eigenvalue weighted by Gasteiger charge is -2.28. The van der Waals surface area contributed by atoms with Gasteiger partial charge in [0, 0.05) is 16.2 Å². The molecule has 2 atom stereocenters. The Balaban J connectivity index is 1.77. The first-order chi connectivity index (χ1) is 12.8. The highest BCUT2D eigenvalue weighted by atomic mass is 127. The average molecular weight is 479 g/mol. The lowest BCUT2D eigenvalue weighted by atomic mass is 10.2. The first kappa shape index (κ1) is 17.9. The van der Waals surface area contributed by atoms with Crippen molar-refractivity contribution in [1.29, 1.82) is 5.26 Å². The number of urea groups is 1.